The van der Waals surface area contributed by atoms with Gasteiger partial charge in [0.05, 0.1) is 25.6 Å². The second-order valence-corrected chi connectivity index (χ2v) is 7.72. The molecule has 0 fully saturated rings. The van der Waals surface area contributed by atoms with Crippen molar-refractivity contribution < 1.29 is 23.9 Å². The molecule has 1 amide bonds. The fourth-order valence-electron chi connectivity index (χ4n) is 2.93. The lowest BCUT2D eigenvalue weighted by Crippen LogP contribution is -2.39. The first kappa shape index (κ1) is 23.0. The summed E-state index contributed by atoms with van der Waals surface area (Å²) in [5, 5.41) is 6.65. The Bertz CT molecular complexity index is 1070. The zero-order valence-corrected chi connectivity index (χ0v) is 18.6. The molecule has 3 aromatic rings. The smallest absolute Gasteiger partial charge is 0.325 e. The molecule has 0 aliphatic carbocycles. The van der Waals surface area contributed by atoms with Crippen LogP contribution >= 0.6 is 11.3 Å². The topological polar surface area (TPSA) is 90.7 Å². The summed E-state index contributed by atoms with van der Waals surface area (Å²) in [4.78, 5) is 38.0. The first-order valence-electron chi connectivity index (χ1n) is 9.76. The van der Waals surface area contributed by atoms with Gasteiger partial charge in [-0.3, -0.25) is 19.1 Å². The SMILES string of the molecule is COC(=O)CN(CC(=O)OC)C(=O)/C=C/c1cn(Cc2ccccc2)nc1-c1cccs1. The average Bonchev–Trinajstić information content (AvgIpc) is 3.47. The van der Waals surface area contributed by atoms with Gasteiger partial charge in [0, 0.05) is 17.8 Å². The number of carbonyl (C=O) groups is 3. The van der Waals surface area contributed by atoms with Crippen LogP contribution in [0.1, 0.15) is 11.1 Å². The monoisotopic (exact) mass is 453 g/mol. The molecule has 0 unspecified atom stereocenters. The standard InChI is InChI=1S/C23H23N3O5S/c1-30-21(28)15-25(16-22(29)31-2)20(27)11-10-18-14-26(13-17-7-4-3-5-8-17)24-23(18)19-9-6-12-32-19/h3-12,14H,13,15-16H2,1-2H3/b11-10+. The lowest BCUT2D eigenvalue weighted by molar-refractivity contribution is -0.150. The number of hydrogen-bond donors (Lipinski definition) is 0. The fraction of sp³-hybridized carbons (Fsp3) is 0.217. The van der Waals surface area contributed by atoms with E-state index in [1.165, 1.54) is 20.3 Å². The lowest BCUT2D eigenvalue weighted by Gasteiger charge is -2.18. The van der Waals surface area contributed by atoms with E-state index in [-0.39, 0.29) is 13.1 Å². The van der Waals surface area contributed by atoms with Gasteiger partial charge in [-0.25, -0.2) is 0 Å². The molecule has 0 saturated carbocycles. The molecule has 1 aromatic carbocycles. The molecule has 0 N–H and O–H groups in total. The molecule has 0 aliphatic heterocycles. The number of methoxy groups -OCH3 is 2. The van der Waals surface area contributed by atoms with Crippen LogP contribution < -0.4 is 0 Å². The summed E-state index contributed by atoms with van der Waals surface area (Å²) in [6, 6.07) is 13.8. The summed E-state index contributed by atoms with van der Waals surface area (Å²) in [6.07, 6.45) is 4.80. The number of esters is 2. The minimum atomic E-state index is -0.634. The Morgan fingerprint density at radius 2 is 1.72 bits per heavy atom. The van der Waals surface area contributed by atoms with Crippen molar-refractivity contribution in [1.82, 2.24) is 14.7 Å². The van der Waals surface area contributed by atoms with E-state index in [9.17, 15) is 14.4 Å². The summed E-state index contributed by atoms with van der Waals surface area (Å²) in [6.45, 7) is -0.141. The van der Waals surface area contributed by atoms with Gasteiger partial charge >= 0.3 is 11.9 Å². The molecule has 0 radical (unpaired) electrons. The number of aromatic nitrogens is 2. The second kappa shape index (κ2) is 11.1. The van der Waals surface area contributed by atoms with Crippen molar-refractivity contribution in [3.05, 3.63) is 71.2 Å². The van der Waals surface area contributed by atoms with E-state index in [1.807, 2.05) is 58.7 Å². The van der Waals surface area contributed by atoms with Crippen molar-refractivity contribution in [2.24, 2.45) is 0 Å². The molecule has 9 heteroatoms. The van der Waals surface area contributed by atoms with Crippen molar-refractivity contribution in [2.75, 3.05) is 27.3 Å². The van der Waals surface area contributed by atoms with Crippen molar-refractivity contribution in [1.29, 1.82) is 0 Å². The van der Waals surface area contributed by atoms with Crippen LogP contribution in [0.15, 0.2) is 60.1 Å². The highest BCUT2D eigenvalue weighted by molar-refractivity contribution is 7.13. The maximum absolute atomic E-state index is 12.7. The van der Waals surface area contributed by atoms with Gasteiger partial charge in [0.2, 0.25) is 5.91 Å². The summed E-state index contributed by atoms with van der Waals surface area (Å²) >= 11 is 1.55. The molecular weight excluding hydrogens is 430 g/mol. The third-order valence-electron chi connectivity index (χ3n) is 4.54. The van der Waals surface area contributed by atoms with Gasteiger partial charge in [-0.2, -0.15) is 5.10 Å². The molecule has 2 heterocycles. The van der Waals surface area contributed by atoms with Crippen molar-refractivity contribution >= 4 is 35.3 Å². The van der Waals surface area contributed by atoms with Crippen LogP contribution in [-0.4, -0.2) is 59.8 Å². The summed E-state index contributed by atoms with van der Waals surface area (Å²) in [5.41, 5.74) is 2.59. The number of rotatable bonds is 9. The van der Waals surface area contributed by atoms with Gasteiger partial charge in [0.15, 0.2) is 0 Å². The van der Waals surface area contributed by atoms with Gasteiger partial charge in [-0.15, -0.1) is 11.3 Å². The average molecular weight is 454 g/mol. The molecule has 0 saturated heterocycles. The normalized spacial score (nSPS) is 10.8. The van der Waals surface area contributed by atoms with E-state index in [1.54, 1.807) is 17.4 Å². The first-order chi connectivity index (χ1) is 15.5. The quantitative estimate of drug-likeness (QED) is 0.366. The number of ether oxygens (including phenoxy) is 2. The summed E-state index contributed by atoms with van der Waals surface area (Å²) in [5.74, 6) is -1.79. The van der Waals surface area contributed by atoms with Crippen LogP contribution in [0.2, 0.25) is 0 Å². The highest BCUT2D eigenvalue weighted by Crippen LogP contribution is 2.28. The molecule has 0 bridgehead atoms. The number of amides is 1. The number of thiophene rings is 1. The fourth-order valence-corrected chi connectivity index (χ4v) is 3.67. The zero-order chi connectivity index (χ0) is 22.9. The van der Waals surface area contributed by atoms with Crippen LogP contribution in [-0.2, 0) is 30.4 Å². The first-order valence-corrected chi connectivity index (χ1v) is 10.6. The van der Waals surface area contributed by atoms with Gasteiger partial charge in [-0.05, 0) is 23.1 Å². The molecule has 0 spiro atoms. The molecule has 0 atom stereocenters. The molecule has 32 heavy (non-hydrogen) atoms. The third-order valence-corrected chi connectivity index (χ3v) is 5.42. The summed E-state index contributed by atoms with van der Waals surface area (Å²) in [7, 11) is 2.43. The summed E-state index contributed by atoms with van der Waals surface area (Å²) < 4.78 is 11.0. The van der Waals surface area contributed by atoms with E-state index in [4.69, 9.17) is 5.10 Å². The van der Waals surface area contributed by atoms with Crippen LogP contribution in [0.5, 0.6) is 0 Å². The van der Waals surface area contributed by atoms with Gasteiger partial charge in [0.1, 0.15) is 18.8 Å². The van der Waals surface area contributed by atoms with E-state index < -0.39 is 17.8 Å². The highest BCUT2D eigenvalue weighted by atomic mass is 32.1. The third kappa shape index (κ3) is 6.14. The largest absolute Gasteiger partial charge is 0.468 e. The van der Waals surface area contributed by atoms with E-state index >= 15 is 0 Å². The number of hydrogen-bond acceptors (Lipinski definition) is 7. The molecule has 8 nitrogen and oxygen atoms in total. The maximum Gasteiger partial charge on any atom is 0.325 e. The van der Waals surface area contributed by atoms with E-state index in [0.29, 0.717) is 6.54 Å². The Balaban J connectivity index is 1.85. The highest BCUT2D eigenvalue weighted by Gasteiger charge is 2.20. The van der Waals surface area contributed by atoms with Crippen LogP contribution in [0.25, 0.3) is 16.6 Å². The Morgan fingerprint density at radius 3 is 2.31 bits per heavy atom. The zero-order valence-electron chi connectivity index (χ0n) is 17.8. The Hall–Kier alpha value is -3.72. The van der Waals surface area contributed by atoms with Crippen molar-refractivity contribution in [2.45, 2.75) is 6.54 Å². The predicted molar refractivity (Wildman–Crippen MR) is 121 cm³/mol. The molecule has 0 aliphatic rings. The maximum atomic E-state index is 12.7. The van der Waals surface area contributed by atoms with Crippen molar-refractivity contribution in [3.63, 3.8) is 0 Å². The Kier molecular flexibility index (Phi) is 7.93. The minimum absolute atomic E-state index is 0.361. The van der Waals surface area contributed by atoms with Crippen LogP contribution in [0.4, 0.5) is 0 Å². The molecular formula is C23H23N3O5S. The van der Waals surface area contributed by atoms with Gasteiger partial charge < -0.3 is 14.4 Å². The number of carbonyl (C=O) groups excluding carboxylic acids is 3. The van der Waals surface area contributed by atoms with Crippen LogP contribution in [0, 0.1) is 0 Å². The predicted octanol–water partition coefficient (Wildman–Crippen LogP) is 2.85. The van der Waals surface area contributed by atoms with E-state index in [2.05, 4.69) is 9.47 Å². The van der Waals surface area contributed by atoms with Gasteiger partial charge in [-0.1, -0.05) is 36.4 Å². The Morgan fingerprint density at radius 1 is 1.03 bits per heavy atom. The second-order valence-electron chi connectivity index (χ2n) is 6.77. The van der Waals surface area contributed by atoms with Crippen LogP contribution in [0.3, 0.4) is 0 Å². The number of benzene rings is 1. The molecule has 2 aromatic heterocycles. The number of nitrogens with zero attached hydrogens (tertiary/aromatic N) is 3. The lowest BCUT2D eigenvalue weighted by atomic mass is 10.2. The molecule has 166 valence electrons. The van der Waals surface area contributed by atoms with E-state index in [0.717, 1.165) is 26.6 Å². The van der Waals surface area contributed by atoms with Crippen molar-refractivity contribution in [3.8, 4) is 10.6 Å². The Labute approximate surface area is 189 Å². The van der Waals surface area contributed by atoms with Gasteiger partial charge in [0.25, 0.3) is 0 Å². The minimum Gasteiger partial charge on any atom is -0.468 e. The molecule has 3 rings (SSSR count).